The number of halogens is 2. The Morgan fingerprint density at radius 3 is 2.39 bits per heavy atom. The van der Waals surface area contributed by atoms with E-state index in [4.69, 9.17) is 10.5 Å². The van der Waals surface area contributed by atoms with E-state index in [1.165, 1.54) is 30.3 Å². The smallest absolute Gasteiger partial charge is 0.251 e. The molecule has 2 aromatic carbocycles. The maximum absolute atomic E-state index is 13.4. The molecule has 5 heteroatoms. The number of hydrogen-bond acceptors (Lipinski definition) is 2. The monoisotopic (exact) mass is 249 g/mol. The molecule has 0 unspecified atom stereocenters. The first-order chi connectivity index (χ1) is 8.58. The molecule has 0 aliphatic rings. The average Bonchev–Trinajstić information content (AvgIpc) is 2.32. The number of rotatable bonds is 3. The highest BCUT2D eigenvalue weighted by atomic mass is 19.1. The van der Waals surface area contributed by atoms with Crippen molar-refractivity contribution in [2.45, 2.75) is 0 Å². The van der Waals surface area contributed by atoms with E-state index in [1.54, 1.807) is 6.07 Å². The predicted molar refractivity (Wildman–Crippen MR) is 61.4 cm³/mol. The summed E-state index contributed by atoms with van der Waals surface area (Å²) in [6.07, 6.45) is 0. The minimum Gasteiger partial charge on any atom is -0.454 e. The normalized spacial score (nSPS) is 10.1. The molecule has 0 fully saturated rings. The zero-order chi connectivity index (χ0) is 13.1. The van der Waals surface area contributed by atoms with Crippen LogP contribution in [0.15, 0.2) is 42.5 Å². The van der Waals surface area contributed by atoms with E-state index in [9.17, 15) is 13.6 Å². The van der Waals surface area contributed by atoms with Gasteiger partial charge in [-0.25, -0.2) is 8.78 Å². The molecule has 2 N–H and O–H groups in total. The minimum atomic E-state index is -0.870. The average molecular weight is 249 g/mol. The summed E-state index contributed by atoms with van der Waals surface area (Å²) in [6, 6.07) is 9.25. The van der Waals surface area contributed by atoms with Crippen molar-refractivity contribution in [3.8, 4) is 11.5 Å². The van der Waals surface area contributed by atoms with Crippen molar-refractivity contribution >= 4 is 5.91 Å². The fraction of sp³-hybridized carbons (Fsp3) is 0. The summed E-state index contributed by atoms with van der Waals surface area (Å²) in [7, 11) is 0. The fourth-order valence-electron chi connectivity index (χ4n) is 1.41. The molecule has 2 aromatic rings. The van der Waals surface area contributed by atoms with Crippen LogP contribution in [0.25, 0.3) is 0 Å². The summed E-state index contributed by atoms with van der Waals surface area (Å²) in [4.78, 5) is 10.8. The highest BCUT2D eigenvalue weighted by Gasteiger charge is 2.10. The van der Waals surface area contributed by atoms with Crippen molar-refractivity contribution in [3.05, 3.63) is 59.7 Å². The Bertz CT molecular complexity index is 599. The van der Waals surface area contributed by atoms with Gasteiger partial charge in [-0.2, -0.15) is 0 Å². The minimum absolute atomic E-state index is 0.0243. The Morgan fingerprint density at radius 1 is 1.06 bits per heavy atom. The molecule has 0 aromatic heterocycles. The topological polar surface area (TPSA) is 52.3 Å². The molecule has 18 heavy (non-hydrogen) atoms. The van der Waals surface area contributed by atoms with Gasteiger partial charge in [-0.3, -0.25) is 4.79 Å². The lowest BCUT2D eigenvalue weighted by Gasteiger charge is -2.07. The second kappa shape index (κ2) is 4.83. The van der Waals surface area contributed by atoms with E-state index in [0.717, 1.165) is 6.07 Å². The van der Waals surface area contributed by atoms with Crippen LogP contribution in [0.2, 0.25) is 0 Å². The third-order valence-corrected chi connectivity index (χ3v) is 2.27. The highest BCUT2D eigenvalue weighted by molar-refractivity contribution is 5.93. The van der Waals surface area contributed by atoms with Crippen LogP contribution in [0.1, 0.15) is 10.4 Å². The summed E-state index contributed by atoms with van der Waals surface area (Å²) in [5.74, 6) is -2.18. The first kappa shape index (κ1) is 12.0. The summed E-state index contributed by atoms with van der Waals surface area (Å²) in [5, 5.41) is 0. The van der Waals surface area contributed by atoms with Crippen LogP contribution in [0.3, 0.4) is 0 Å². The molecular weight excluding hydrogens is 240 g/mol. The Labute approximate surface area is 102 Å². The zero-order valence-corrected chi connectivity index (χ0v) is 9.19. The molecule has 0 saturated heterocycles. The number of ether oxygens (including phenoxy) is 1. The van der Waals surface area contributed by atoms with Gasteiger partial charge in [0.1, 0.15) is 11.6 Å². The van der Waals surface area contributed by atoms with Crippen molar-refractivity contribution in [3.63, 3.8) is 0 Å². The molecule has 0 aliphatic heterocycles. The van der Waals surface area contributed by atoms with E-state index >= 15 is 0 Å². The number of amides is 1. The third-order valence-electron chi connectivity index (χ3n) is 2.27. The van der Waals surface area contributed by atoms with Crippen molar-refractivity contribution < 1.29 is 18.3 Å². The fourth-order valence-corrected chi connectivity index (χ4v) is 1.41. The molecule has 0 spiro atoms. The van der Waals surface area contributed by atoms with Gasteiger partial charge < -0.3 is 10.5 Å². The van der Waals surface area contributed by atoms with Crippen LogP contribution in [0.5, 0.6) is 11.5 Å². The van der Waals surface area contributed by atoms with Crippen molar-refractivity contribution in [1.82, 2.24) is 0 Å². The number of primary amides is 1. The van der Waals surface area contributed by atoms with Gasteiger partial charge in [0.25, 0.3) is 5.91 Å². The lowest BCUT2D eigenvalue weighted by Crippen LogP contribution is -2.12. The molecule has 0 bridgehead atoms. The van der Waals surface area contributed by atoms with Crippen LogP contribution in [-0.2, 0) is 0 Å². The number of carbonyl (C=O) groups is 1. The quantitative estimate of drug-likeness (QED) is 0.909. The van der Waals surface area contributed by atoms with E-state index in [2.05, 4.69) is 0 Å². The predicted octanol–water partition coefficient (Wildman–Crippen LogP) is 2.86. The first-order valence-electron chi connectivity index (χ1n) is 5.09. The third kappa shape index (κ3) is 2.45. The Balaban J connectivity index is 2.29. The first-order valence-corrected chi connectivity index (χ1v) is 5.09. The van der Waals surface area contributed by atoms with Crippen molar-refractivity contribution in [2.75, 3.05) is 0 Å². The van der Waals surface area contributed by atoms with E-state index in [-0.39, 0.29) is 17.1 Å². The molecule has 0 saturated carbocycles. The van der Waals surface area contributed by atoms with Crippen LogP contribution < -0.4 is 10.5 Å². The van der Waals surface area contributed by atoms with Crippen LogP contribution in [-0.4, -0.2) is 5.91 Å². The molecule has 0 aliphatic carbocycles. The van der Waals surface area contributed by atoms with Crippen molar-refractivity contribution in [1.29, 1.82) is 0 Å². The van der Waals surface area contributed by atoms with E-state index in [1.807, 2.05) is 0 Å². The second-order valence-corrected chi connectivity index (χ2v) is 3.54. The number of nitrogens with two attached hydrogens (primary N) is 1. The second-order valence-electron chi connectivity index (χ2n) is 3.54. The largest absolute Gasteiger partial charge is 0.454 e. The number of carbonyl (C=O) groups excluding carboxylic acids is 1. The molecule has 0 heterocycles. The Hall–Kier alpha value is -2.43. The summed E-state index contributed by atoms with van der Waals surface area (Å²) in [6.45, 7) is 0. The van der Waals surface area contributed by atoms with Gasteiger partial charge in [-0.1, -0.05) is 12.1 Å². The summed E-state index contributed by atoms with van der Waals surface area (Å²) < 4.78 is 31.9. The molecule has 2 rings (SSSR count). The SMILES string of the molecule is NC(=O)c1ccc(Oc2ccccc2F)cc1F. The molecular formula is C13H9F2NO2. The van der Waals surface area contributed by atoms with Gasteiger partial charge in [0, 0.05) is 6.07 Å². The highest BCUT2D eigenvalue weighted by Crippen LogP contribution is 2.25. The Morgan fingerprint density at radius 2 is 1.78 bits per heavy atom. The van der Waals surface area contributed by atoms with Crippen LogP contribution >= 0.6 is 0 Å². The molecule has 92 valence electrons. The van der Waals surface area contributed by atoms with Gasteiger partial charge >= 0.3 is 0 Å². The van der Waals surface area contributed by atoms with E-state index < -0.39 is 17.5 Å². The van der Waals surface area contributed by atoms with Gasteiger partial charge in [0.15, 0.2) is 11.6 Å². The van der Waals surface area contributed by atoms with Crippen LogP contribution in [0.4, 0.5) is 8.78 Å². The summed E-state index contributed by atoms with van der Waals surface area (Å²) in [5.41, 5.74) is 4.72. The lowest BCUT2D eigenvalue weighted by molar-refractivity contribution is 0.0996. The molecule has 0 atom stereocenters. The number of benzene rings is 2. The van der Waals surface area contributed by atoms with Crippen molar-refractivity contribution in [2.24, 2.45) is 5.73 Å². The van der Waals surface area contributed by atoms with Gasteiger partial charge in [0.2, 0.25) is 0 Å². The standard InChI is InChI=1S/C13H9F2NO2/c14-10-3-1-2-4-12(10)18-8-5-6-9(13(16)17)11(15)7-8/h1-7H,(H2,16,17). The van der Waals surface area contributed by atoms with Crippen LogP contribution in [0, 0.1) is 11.6 Å². The number of hydrogen-bond donors (Lipinski definition) is 1. The molecule has 0 radical (unpaired) electrons. The van der Waals surface area contributed by atoms with Gasteiger partial charge in [-0.15, -0.1) is 0 Å². The summed E-state index contributed by atoms with van der Waals surface area (Å²) >= 11 is 0. The van der Waals surface area contributed by atoms with Gasteiger partial charge in [-0.05, 0) is 24.3 Å². The maximum Gasteiger partial charge on any atom is 0.251 e. The van der Waals surface area contributed by atoms with E-state index in [0.29, 0.717) is 0 Å². The number of para-hydroxylation sites is 1. The maximum atomic E-state index is 13.4. The lowest BCUT2D eigenvalue weighted by atomic mass is 10.2. The van der Waals surface area contributed by atoms with Gasteiger partial charge in [0.05, 0.1) is 5.56 Å². The molecule has 3 nitrogen and oxygen atoms in total. The Kier molecular flexibility index (Phi) is 3.23. The zero-order valence-electron chi connectivity index (χ0n) is 9.19. The molecule has 1 amide bonds.